The van der Waals surface area contributed by atoms with E-state index >= 15 is 0 Å². The average molecular weight is 341 g/mol. The number of benzene rings is 3. The minimum absolute atomic E-state index is 0.564. The summed E-state index contributed by atoms with van der Waals surface area (Å²) in [6.07, 6.45) is 0. The molecule has 2 aromatic heterocycles. The maximum absolute atomic E-state index is 5.82. The summed E-state index contributed by atoms with van der Waals surface area (Å²) in [7, 11) is 0. The summed E-state index contributed by atoms with van der Waals surface area (Å²) < 4.78 is 5.81. The molecule has 6 nitrogen and oxygen atoms in total. The number of nitrogens with two attached hydrogens (primary N) is 2. The van der Waals surface area contributed by atoms with E-state index in [-0.39, 0.29) is 0 Å². The second-order valence-corrected chi connectivity index (χ2v) is 6.19. The van der Waals surface area contributed by atoms with Crippen molar-refractivity contribution in [2.45, 2.75) is 0 Å². The molecule has 0 atom stereocenters. The molecule has 2 heterocycles. The lowest BCUT2D eigenvalue weighted by Gasteiger charge is -1.98. The third-order valence-electron chi connectivity index (χ3n) is 4.32. The number of fused-ring (bicyclic) bond motifs is 2. The van der Waals surface area contributed by atoms with E-state index in [0.717, 1.165) is 33.5 Å². The maximum atomic E-state index is 5.82. The Morgan fingerprint density at radius 3 is 2.31 bits per heavy atom. The first-order chi connectivity index (χ1) is 12.7. The molecular weight excluding hydrogens is 326 g/mol. The first-order valence-electron chi connectivity index (χ1n) is 8.18. The van der Waals surface area contributed by atoms with Crippen molar-refractivity contribution in [2.24, 2.45) is 0 Å². The van der Waals surface area contributed by atoms with Crippen molar-refractivity contribution in [2.75, 3.05) is 11.5 Å². The van der Waals surface area contributed by atoms with Crippen LogP contribution in [-0.4, -0.2) is 15.0 Å². The fourth-order valence-corrected chi connectivity index (χ4v) is 3.00. The number of anilines is 2. The third kappa shape index (κ3) is 2.36. The molecular formula is C20H15N5O. The molecule has 5 aromatic rings. The lowest BCUT2D eigenvalue weighted by Crippen LogP contribution is -1.83. The van der Waals surface area contributed by atoms with E-state index in [4.69, 9.17) is 15.9 Å². The van der Waals surface area contributed by atoms with E-state index in [0.29, 0.717) is 22.8 Å². The number of nitrogens with zero attached hydrogens (tertiary/aromatic N) is 2. The minimum Gasteiger partial charge on any atom is -0.436 e. The molecule has 0 saturated heterocycles. The molecule has 0 fully saturated rings. The highest BCUT2D eigenvalue weighted by atomic mass is 16.3. The Hall–Kier alpha value is -3.80. The first kappa shape index (κ1) is 14.5. The van der Waals surface area contributed by atoms with Crippen molar-refractivity contribution < 1.29 is 4.42 Å². The molecule has 0 aliphatic rings. The number of nitrogen functional groups attached to an aromatic ring is 2. The summed E-state index contributed by atoms with van der Waals surface area (Å²) in [6, 6.07) is 19.0. The van der Waals surface area contributed by atoms with Crippen LogP contribution in [0.4, 0.5) is 11.4 Å². The number of nitrogens with one attached hydrogen (secondary N) is 1. The van der Waals surface area contributed by atoms with Gasteiger partial charge in [0.1, 0.15) is 11.3 Å². The van der Waals surface area contributed by atoms with Crippen molar-refractivity contribution in [3.63, 3.8) is 0 Å². The average Bonchev–Trinajstić information content (AvgIpc) is 3.25. The van der Waals surface area contributed by atoms with Crippen LogP contribution in [0, 0.1) is 0 Å². The van der Waals surface area contributed by atoms with Gasteiger partial charge in [0.05, 0.1) is 11.0 Å². The smallest absolute Gasteiger partial charge is 0.227 e. The van der Waals surface area contributed by atoms with E-state index in [1.54, 1.807) is 12.1 Å². The van der Waals surface area contributed by atoms with Gasteiger partial charge in [-0.1, -0.05) is 12.1 Å². The fourth-order valence-electron chi connectivity index (χ4n) is 3.00. The lowest BCUT2D eigenvalue weighted by molar-refractivity contribution is 0.620. The fraction of sp³-hybridized carbons (Fsp3) is 0. The molecule has 0 aliphatic carbocycles. The molecule has 0 unspecified atom stereocenters. The quantitative estimate of drug-likeness (QED) is 0.417. The Morgan fingerprint density at radius 2 is 1.46 bits per heavy atom. The Balaban J connectivity index is 1.52. The summed E-state index contributed by atoms with van der Waals surface area (Å²) >= 11 is 0. The zero-order valence-electron chi connectivity index (χ0n) is 13.7. The van der Waals surface area contributed by atoms with Crippen molar-refractivity contribution in [3.05, 3.63) is 60.7 Å². The van der Waals surface area contributed by atoms with Crippen molar-refractivity contribution in [3.8, 4) is 22.8 Å². The zero-order valence-corrected chi connectivity index (χ0v) is 13.7. The number of hydrogen-bond donors (Lipinski definition) is 3. The SMILES string of the molecule is Nc1ccc2oc(-c3ccc(-c4nc5ccc(N)cc5[nH]4)cc3)nc2c1. The van der Waals surface area contributed by atoms with Crippen molar-refractivity contribution >= 4 is 33.5 Å². The van der Waals surface area contributed by atoms with Gasteiger partial charge in [-0.15, -0.1) is 0 Å². The molecule has 6 heteroatoms. The number of rotatable bonds is 2. The Labute approximate surface area is 148 Å². The molecule has 5 N–H and O–H groups in total. The largest absolute Gasteiger partial charge is 0.436 e. The van der Waals surface area contributed by atoms with Crippen molar-refractivity contribution in [1.82, 2.24) is 15.0 Å². The molecule has 0 saturated carbocycles. The van der Waals surface area contributed by atoms with Gasteiger partial charge in [0.25, 0.3) is 0 Å². The van der Waals surface area contributed by atoms with Crippen molar-refractivity contribution in [1.29, 1.82) is 0 Å². The predicted octanol–water partition coefficient (Wildman–Crippen LogP) is 4.20. The van der Waals surface area contributed by atoms with E-state index in [1.165, 1.54) is 0 Å². The lowest BCUT2D eigenvalue weighted by atomic mass is 10.1. The standard InChI is InChI=1S/C20H15N5O/c21-13-5-7-15-16(9-13)24-19(23-15)11-1-3-12(4-2-11)20-25-17-10-14(22)6-8-18(17)26-20/h1-10H,21-22H2,(H,23,24). The van der Waals surface area contributed by atoms with E-state index in [9.17, 15) is 0 Å². The van der Waals surface area contributed by atoms with Crippen LogP contribution >= 0.6 is 0 Å². The molecule has 126 valence electrons. The molecule has 0 bridgehead atoms. The molecule has 3 aromatic carbocycles. The third-order valence-corrected chi connectivity index (χ3v) is 4.32. The van der Waals surface area contributed by atoms with Gasteiger partial charge >= 0.3 is 0 Å². The van der Waals surface area contributed by atoms with Crippen LogP contribution in [0.15, 0.2) is 65.1 Å². The highest BCUT2D eigenvalue weighted by molar-refractivity contribution is 5.83. The summed E-state index contributed by atoms with van der Waals surface area (Å²) in [5.74, 6) is 1.36. The summed E-state index contributed by atoms with van der Waals surface area (Å²) in [6.45, 7) is 0. The zero-order chi connectivity index (χ0) is 17.7. The van der Waals surface area contributed by atoms with Crippen LogP contribution in [0.2, 0.25) is 0 Å². The number of hydrogen-bond acceptors (Lipinski definition) is 5. The van der Waals surface area contributed by atoms with Crippen LogP contribution in [0.25, 0.3) is 45.0 Å². The van der Waals surface area contributed by atoms with Gasteiger partial charge in [-0.25, -0.2) is 9.97 Å². The van der Waals surface area contributed by atoms with Gasteiger partial charge in [0.15, 0.2) is 5.58 Å². The van der Waals surface area contributed by atoms with E-state index < -0.39 is 0 Å². The molecule has 0 amide bonds. The van der Waals surface area contributed by atoms with Gasteiger partial charge in [0.2, 0.25) is 5.89 Å². The number of imidazole rings is 1. The second-order valence-electron chi connectivity index (χ2n) is 6.19. The topological polar surface area (TPSA) is 107 Å². The second kappa shape index (κ2) is 5.35. The predicted molar refractivity (Wildman–Crippen MR) is 103 cm³/mol. The molecule has 0 aliphatic heterocycles. The number of aromatic nitrogens is 3. The summed E-state index contributed by atoms with van der Waals surface area (Å²) in [4.78, 5) is 12.4. The normalized spacial score (nSPS) is 11.4. The summed E-state index contributed by atoms with van der Waals surface area (Å²) in [5.41, 5.74) is 18.1. The molecule has 0 radical (unpaired) electrons. The highest BCUT2D eigenvalue weighted by Crippen LogP contribution is 2.28. The van der Waals surface area contributed by atoms with Gasteiger partial charge in [-0.05, 0) is 48.5 Å². The first-order valence-corrected chi connectivity index (χ1v) is 8.18. The van der Waals surface area contributed by atoms with E-state index in [1.807, 2.05) is 48.5 Å². The monoisotopic (exact) mass is 341 g/mol. The molecule has 0 spiro atoms. The van der Waals surface area contributed by atoms with Gasteiger partial charge in [-0.3, -0.25) is 0 Å². The van der Waals surface area contributed by atoms with Crippen LogP contribution in [-0.2, 0) is 0 Å². The number of aromatic amines is 1. The van der Waals surface area contributed by atoms with Crippen LogP contribution in [0.1, 0.15) is 0 Å². The van der Waals surface area contributed by atoms with E-state index in [2.05, 4.69) is 15.0 Å². The minimum atomic E-state index is 0.564. The van der Waals surface area contributed by atoms with Gasteiger partial charge in [-0.2, -0.15) is 0 Å². The van der Waals surface area contributed by atoms with Crippen LogP contribution in [0.5, 0.6) is 0 Å². The summed E-state index contributed by atoms with van der Waals surface area (Å²) in [5, 5.41) is 0. The molecule has 5 rings (SSSR count). The van der Waals surface area contributed by atoms with Gasteiger partial charge in [0, 0.05) is 22.5 Å². The molecule has 26 heavy (non-hydrogen) atoms. The Bertz CT molecular complexity index is 1150. The number of H-pyrrole nitrogens is 1. The maximum Gasteiger partial charge on any atom is 0.227 e. The highest BCUT2D eigenvalue weighted by Gasteiger charge is 2.10. The number of oxazole rings is 1. The van der Waals surface area contributed by atoms with Gasteiger partial charge < -0.3 is 20.9 Å². The Morgan fingerprint density at radius 1 is 0.731 bits per heavy atom. The van der Waals surface area contributed by atoms with Crippen LogP contribution in [0.3, 0.4) is 0 Å². The van der Waals surface area contributed by atoms with Crippen LogP contribution < -0.4 is 11.5 Å². The Kier molecular flexibility index (Phi) is 2.99.